The van der Waals surface area contributed by atoms with Crippen molar-refractivity contribution in [2.45, 2.75) is 13.0 Å². The van der Waals surface area contributed by atoms with Gasteiger partial charge in [0.1, 0.15) is 0 Å². The molecule has 1 amide bonds. The number of carbonyl (C=O) groups is 1. The van der Waals surface area contributed by atoms with Crippen molar-refractivity contribution in [3.63, 3.8) is 0 Å². The van der Waals surface area contributed by atoms with Crippen molar-refractivity contribution >= 4 is 16.7 Å². The number of aliphatic hydroxyl groups excluding tert-OH is 1. The average molecular weight is 312 g/mol. The molecule has 0 aliphatic heterocycles. The fourth-order valence-electron chi connectivity index (χ4n) is 2.62. The van der Waals surface area contributed by atoms with Crippen molar-refractivity contribution in [1.82, 2.24) is 10.2 Å². The highest BCUT2D eigenvalue weighted by atomic mass is 16.3. The SMILES string of the molecule is C=CCNC(=O)CN(CCCO)Cc1cccc2ccccc12. The lowest BCUT2D eigenvalue weighted by Crippen LogP contribution is -2.37. The lowest BCUT2D eigenvalue weighted by molar-refractivity contribution is -0.122. The highest BCUT2D eigenvalue weighted by Gasteiger charge is 2.12. The number of fused-ring (bicyclic) bond motifs is 1. The number of carbonyl (C=O) groups excluding carboxylic acids is 1. The molecule has 0 saturated carbocycles. The summed E-state index contributed by atoms with van der Waals surface area (Å²) in [5.74, 6) is -0.0249. The molecule has 0 fully saturated rings. The van der Waals surface area contributed by atoms with Crippen LogP contribution in [-0.2, 0) is 11.3 Å². The molecule has 4 nitrogen and oxygen atoms in total. The van der Waals surface area contributed by atoms with Crippen LogP contribution in [0, 0.1) is 0 Å². The third-order valence-electron chi connectivity index (χ3n) is 3.72. The second-order valence-corrected chi connectivity index (χ2v) is 5.52. The number of aliphatic hydroxyl groups is 1. The fraction of sp³-hybridized carbons (Fsp3) is 0.316. The molecule has 0 radical (unpaired) electrons. The minimum Gasteiger partial charge on any atom is -0.396 e. The van der Waals surface area contributed by atoms with E-state index in [1.165, 1.54) is 16.3 Å². The summed E-state index contributed by atoms with van der Waals surface area (Å²) in [4.78, 5) is 14.0. The lowest BCUT2D eigenvalue weighted by Gasteiger charge is -2.22. The number of hydrogen-bond donors (Lipinski definition) is 2. The highest BCUT2D eigenvalue weighted by molar-refractivity contribution is 5.85. The van der Waals surface area contributed by atoms with E-state index in [-0.39, 0.29) is 12.5 Å². The minimum absolute atomic E-state index is 0.0249. The molecule has 0 bridgehead atoms. The summed E-state index contributed by atoms with van der Waals surface area (Å²) < 4.78 is 0. The summed E-state index contributed by atoms with van der Waals surface area (Å²) in [5, 5.41) is 14.3. The Kier molecular flexibility index (Phi) is 6.78. The third-order valence-corrected chi connectivity index (χ3v) is 3.72. The van der Waals surface area contributed by atoms with Crippen LogP contribution in [0.15, 0.2) is 55.1 Å². The van der Waals surface area contributed by atoms with Gasteiger partial charge in [0, 0.05) is 26.2 Å². The molecule has 0 unspecified atom stereocenters. The van der Waals surface area contributed by atoms with Gasteiger partial charge in [0.15, 0.2) is 0 Å². The Hall–Kier alpha value is -2.17. The second kappa shape index (κ2) is 9.08. The molecule has 23 heavy (non-hydrogen) atoms. The first kappa shape index (κ1) is 17.2. The van der Waals surface area contributed by atoms with Gasteiger partial charge in [-0.05, 0) is 22.8 Å². The van der Waals surface area contributed by atoms with Gasteiger partial charge in [-0.1, -0.05) is 48.5 Å². The van der Waals surface area contributed by atoms with Crippen LogP contribution in [0.1, 0.15) is 12.0 Å². The Balaban J connectivity index is 2.12. The third kappa shape index (κ3) is 5.20. The molecule has 0 aliphatic carbocycles. The van der Waals surface area contributed by atoms with Crippen LogP contribution in [0.3, 0.4) is 0 Å². The lowest BCUT2D eigenvalue weighted by atomic mass is 10.0. The molecule has 0 aromatic heterocycles. The van der Waals surface area contributed by atoms with Crippen molar-refractivity contribution in [3.8, 4) is 0 Å². The summed E-state index contributed by atoms with van der Waals surface area (Å²) in [6.07, 6.45) is 2.32. The zero-order valence-corrected chi connectivity index (χ0v) is 13.4. The van der Waals surface area contributed by atoms with Gasteiger partial charge in [-0.25, -0.2) is 0 Å². The van der Waals surface area contributed by atoms with E-state index in [9.17, 15) is 4.79 Å². The number of rotatable bonds is 9. The van der Waals surface area contributed by atoms with E-state index in [1.54, 1.807) is 6.08 Å². The van der Waals surface area contributed by atoms with Gasteiger partial charge in [0.25, 0.3) is 0 Å². The van der Waals surface area contributed by atoms with Crippen LogP contribution in [-0.4, -0.2) is 42.2 Å². The van der Waals surface area contributed by atoms with Gasteiger partial charge < -0.3 is 10.4 Å². The van der Waals surface area contributed by atoms with E-state index in [1.807, 2.05) is 18.2 Å². The maximum absolute atomic E-state index is 12.0. The van der Waals surface area contributed by atoms with Crippen LogP contribution >= 0.6 is 0 Å². The van der Waals surface area contributed by atoms with Crippen molar-refractivity contribution < 1.29 is 9.90 Å². The molecular formula is C19H24N2O2. The summed E-state index contributed by atoms with van der Waals surface area (Å²) in [6.45, 7) is 5.88. The maximum atomic E-state index is 12.0. The fourth-order valence-corrected chi connectivity index (χ4v) is 2.62. The Morgan fingerprint density at radius 2 is 2.00 bits per heavy atom. The van der Waals surface area contributed by atoms with Gasteiger partial charge in [0.05, 0.1) is 6.54 Å². The van der Waals surface area contributed by atoms with Crippen molar-refractivity contribution in [3.05, 3.63) is 60.7 Å². The Bertz CT molecular complexity index is 649. The molecule has 2 aromatic rings. The largest absolute Gasteiger partial charge is 0.396 e. The monoisotopic (exact) mass is 312 g/mol. The van der Waals surface area contributed by atoms with Crippen LogP contribution in [0.25, 0.3) is 10.8 Å². The summed E-state index contributed by atoms with van der Waals surface area (Å²) in [7, 11) is 0. The van der Waals surface area contributed by atoms with E-state index in [0.29, 0.717) is 32.6 Å². The molecule has 0 spiro atoms. The van der Waals surface area contributed by atoms with E-state index in [0.717, 1.165) is 0 Å². The predicted octanol–water partition coefficient (Wildman–Crippen LogP) is 2.33. The molecule has 0 saturated heterocycles. The molecule has 2 aromatic carbocycles. The average Bonchev–Trinajstić information content (AvgIpc) is 2.58. The first-order valence-corrected chi connectivity index (χ1v) is 7.92. The molecule has 122 valence electrons. The Morgan fingerprint density at radius 1 is 1.22 bits per heavy atom. The maximum Gasteiger partial charge on any atom is 0.234 e. The van der Waals surface area contributed by atoms with E-state index in [4.69, 9.17) is 5.11 Å². The molecule has 2 N–H and O–H groups in total. The van der Waals surface area contributed by atoms with Gasteiger partial charge >= 0.3 is 0 Å². The van der Waals surface area contributed by atoms with Crippen molar-refractivity contribution in [2.75, 3.05) is 26.2 Å². The van der Waals surface area contributed by atoms with Crippen LogP contribution < -0.4 is 5.32 Å². The zero-order valence-electron chi connectivity index (χ0n) is 13.4. The quantitative estimate of drug-likeness (QED) is 0.699. The first-order valence-electron chi connectivity index (χ1n) is 7.92. The molecule has 0 atom stereocenters. The molecule has 4 heteroatoms. The summed E-state index contributed by atoms with van der Waals surface area (Å²) >= 11 is 0. The number of benzene rings is 2. The minimum atomic E-state index is -0.0249. The summed E-state index contributed by atoms with van der Waals surface area (Å²) in [5.41, 5.74) is 1.19. The number of nitrogens with zero attached hydrogens (tertiary/aromatic N) is 1. The zero-order chi connectivity index (χ0) is 16.5. The Morgan fingerprint density at radius 3 is 2.78 bits per heavy atom. The normalized spacial score (nSPS) is 10.9. The topological polar surface area (TPSA) is 52.6 Å². The molecule has 0 aliphatic rings. The van der Waals surface area contributed by atoms with Gasteiger partial charge in [-0.2, -0.15) is 0 Å². The smallest absolute Gasteiger partial charge is 0.234 e. The molecule has 2 rings (SSSR count). The second-order valence-electron chi connectivity index (χ2n) is 5.52. The standard InChI is InChI=1S/C19H24N2O2/c1-2-11-20-19(23)15-21(12-6-13-22)14-17-9-5-8-16-7-3-4-10-18(16)17/h2-5,7-10,22H,1,6,11-15H2,(H,20,23). The van der Waals surface area contributed by atoms with Crippen molar-refractivity contribution in [2.24, 2.45) is 0 Å². The molecule has 0 heterocycles. The highest BCUT2D eigenvalue weighted by Crippen LogP contribution is 2.20. The van der Waals surface area contributed by atoms with E-state index in [2.05, 4.69) is 41.1 Å². The summed E-state index contributed by atoms with van der Waals surface area (Å²) in [6, 6.07) is 14.5. The van der Waals surface area contributed by atoms with Gasteiger partial charge in [-0.3, -0.25) is 9.69 Å². The van der Waals surface area contributed by atoms with Crippen LogP contribution in [0.4, 0.5) is 0 Å². The van der Waals surface area contributed by atoms with E-state index >= 15 is 0 Å². The Labute approximate surface area is 137 Å². The van der Waals surface area contributed by atoms with Crippen LogP contribution in [0.5, 0.6) is 0 Å². The first-order chi connectivity index (χ1) is 11.2. The number of nitrogens with one attached hydrogen (secondary N) is 1. The predicted molar refractivity (Wildman–Crippen MR) is 94.1 cm³/mol. The van der Waals surface area contributed by atoms with Crippen molar-refractivity contribution in [1.29, 1.82) is 0 Å². The molecular weight excluding hydrogens is 288 g/mol. The van der Waals surface area contributed by atoms with Gasteiger partial charge in [-0.15, -0.1) is 6.58 Å². The number of amides is 1. The van der Waals surface area contributed by atoms with Gasteiger partial charge in [0.2, 0.25) is 5.91 Å². The van der Waals surface area contributed by atoms with Crippen LogP contribution in [0.2, 0.25) is 0 Å². The number of hydrogen-bond acceptors (Lipinski definition) is 3. The van der Waals surface area contributed by atoms with E-state index < -0.39 is 0 Å².